The summed E-state index contributed by atoms with van der Waals surface area (Å²) in [6, 6.07) is 8.19. The van der Waals surface area contributed by atoms with E-state index in [1.165, 1.54) is 6.07 Å². The van der Waals surface area contributed by atoms with Crippen LogP contribution in [-0.2, 0) is 11.8 Å². The highest BCUT2D eigenvalue weighted by Gasteiger charge is 2.30. The van der Waals surface area contributed by atoms with E-state index in [0.29, 0.717) is 12.0 Å². The Bertz CT molecular complexity index is 525. The zero-order chi connectivity index (χ0) is 13.2. The summed E-state index contributed by atoms with van der Waals surface area (Å²) in [4.78, 5) is 1.12. The zero-order valence-corrected chi connectivity index (χ0v) is 10.9. The Morgan fingerprint density at radius 1 is 1.22 bits per heavy atom. The largest absolute Gasteiger partial charge is 0.330 e. The van der Waals surface area contributed by atoms with Crippen molar-refractivity contribution in [3.05, 3.63) is 57.8 Å². The van der Waals surface area contributed by atoms with E-state index in [0.717, 1.165) is 10.9 Å². The Labute approximate surface area is 109 Å². The lowest BCUT2D eigenvalue weighted by Crippen LogP contribution is -2.35. The van der Waals surface area contributed by atoms with Gasteiger partial charge in [0.2, 0.25) is 0 Å². The van der Waals surface area contributed by atoms with Gasteiger partial charge in [0.05, 0.1) is 0 Å². The predicted octanol–water partition coefficient (Wildman–Crippen LogP) is 3.49. The number of thiophene rings is 1. The third-order valence-corrected chi connectivity index (χ3v) is 4.07. The molecule has 1 nitrogen and oxygen atoms in total. The monoisotopic (exact) mass is 267 g/mol. The highest BCUT2D eigenvalue weighted by Crippen LogP contribution is 2.31. The van der Waals surface area contributed by atoms with Crippen molar-refractivity contribution in [1.82, 2.24) is 0 Å². The van der Waals surface area contributed by atoms with E-state index in [2.05, 4.69) is 0 Å². The Morgan fingerprint density at radius 2 is 2.00 bits per heavy atom. The standard InChI is InChI=1S/C14H15F2NS/c1-14(9-17,8-10-4-3-7-18-10)11-5-2-6-12(15)13(11)16/h2-7H,8-9,17H2,1H3. The Morgan fingerprint density at radius 3 is 2.61 bits per heavy atom. The molecule has 0 spiro atoms. The lowest BCUT2D eigenvalue weighted by Gasteiger charge is -2.28. The molecular formula is C14H15F2NS. The molecule has 4 heteroatoms. The average Bonchev–Trinajstić information content (AvgIpc) is 2.85. The SMILES string of the molecule is CC(CN)(Cc1cccs1)c1cccc(F)c1F. The topological polar surface area (TPSA) is 26.0 Å². The van der Waals surface area contributed by atoms with Crippen LogP contribution in [0.1, 0.15) is 17.4 Å². The van der Waals surface area contributed by atoms with E-state index >= 15 is 0 Å². The summed E-state index contributed by atoms with van der Waals surface area (Å²) in [5, 5.41) is 1.97. The predicted molar refractivity (Wildman–Crippen MR) is 70.8 cm³/mol. The van der Waals surface area contributed by atoms with E-state index in [1.807, 2.05) is 24.4 Å². The zero-order valence-electron chi connectivity index (χ0n) is 10.1. The molecule has 0 aliphatic carbocycles. The van der Waals surface area contributed by atoms with Crippen LogP contribution in [0.25, 0.3) is 0 Å². The fourth-order valence-corrected chi connectivity index (χ4v) is 2.94. The van der Waals surface area contributed by atoms with Crippen LogP contribution in [0.15, 0.2) is 35.7 Å². The molecule has 0 aliphatic rings. The van der Waals surface area contributed by atoms with Crippen molar-refractivity contribution >= 4 is 11.3 Å². The Hall–Kier alpha value is -1.26. The molecule has 1 unspecified atom stereocenters. The fraction of sp³-hybridized carbons (Fsp3) is 0.286. The molecule has 2 aromatic rings. The summed E-state index contributed by atoms with van der Waals surface area (Å²) in [5.41, 5.74) is 5.55. The molecule has 0 radical (unpaired) electrons. The van der Waals surface area contributed by atoms with Gasteiger partial charge < -0.3 is 5.73 Å². The molecule has 0 saturated heterocycles. The summed E-state index contributed by atoms with van der Waals surface area (Å²) in [6.45, 7) is 2.13. The van der Waals surface area contributed by atoms with Crippen LogP contribution in [0.2, 0.25) is 0 Å². The van der Waals surface area contributed by atoms with E-state index in [4.69, 9.17) is 5.73 Å². The number of rotatable bonds is 4. The molecule has 2 N–H and O–H groups in total. The minimum atomic E-state index is -0.821. The average molecular weight is 267 g/mol. The van der Waals surface area contributed by atoms with E-state index in [-0.39, 0.29) is 6.54 Å². The highest BCUT2D eigenvalue weighted by atomic mass is 32.1. The molecule has 2 rings (SSSR count). The van der Waals surface area contributed by atoms with Gasteiger partial charge in [0.1, 0.15) is 0 Å². The van der Waals surface area contributed by atoms with Crippen LogP contribution in [0, 0.1) is 11.6 Å². The minimum Gasteiger partial charge on any atom is -0.330 e. The molecular weight excluding hydrogens is 252 g/mol. The van der Waals surface area contributed by atoms with Gasteiger partial charge in [-0.2, -0.15) is 0 Å². The lowest BCUT2D eigenvalue weighted by molar-refractivity contribution is 0.427. The van der Waals surface area contributed by atoms with Crippen LogP contribution < -0.4 is 5.73 Å². The number of hydrogen-bond acceptors (Lipinski definition) is 2. The van der Waals surface area contributed by atoms with E-state index in [1.54, 1.807) is 17.4 Å². The van der Waals surface area contributed by atoms with Crippen molar-refractivity contribution in [2.75, 3.05) is 6.54 Å². The highest BCUT2D eigenvalue weighted by molar-refractivity contribution is 7.09. The fourth-order valence-electron chi connectivity index (χ4n) is 2.04. The summed E-state index contributed by atoms with van der Waals surface area (Å²) in [5.74, 6) is -1.61. The summed E-state index contributed by atoms with van der Waals surface area (Å²) in [7, 11) is 0. The molecule has 96 valence electrons. The van der Waals surface area contributed by atoms with Crippen LogP contribution in [-0.4, -0.2) is 6.54 Å². The third kappa shape index (κ3) is 2.44. The number of hydrogen-bond donors (Lipinski definition) is 1. The number of benzene rings is 1. The first kappa shape index (κ1) is 13.2. The van der Waals surface area contributed by atoms with Crippen LogP contribution in [0.4, 0.5) is 8.78 Å². The number of halogens is 2. The van der Waals surface area contributed by atoms with Crippen LogP contribution in [0.3, 0.4) is 0 Å². The van der Waals surface area contributed by atoms with Crippen LogP contribution in [0.5, 0.6) is 0 Å². The first-order valence-electron chi connectivity index (χ1n) is 5.74. The van der Waals surface area contributed by atoms with Gasteiger partial charge in [0, 0.05) is 16.8 Å². The van der Waals surface area contributed by atoms with Crippen molar-refractivity contribution in [3.63, 3.8) is 0 Å². The molecule has 1 aromatic carbocycles. The second-order valence-electron chi connectivity index (χ2n) is 4.62. The van der Waals surface area contributed by atoms with E-state index in [9.17, 15) is 8.78 Å². The quantitative estimate of drug-likeness (QED) is 0.901. The normalized spacial score (nSPS) is 14.4. The second-order valence-corrected chi connectivity index (χ2v) is 5.65. The first-order valence-corrected chi connectivity index (χ1v) is 6.62. The molecule has 0 bridgehead atoms. The molecule has 0 saturated carbocycles. The third-order valence-electron chi connectivity index (χ3n) is 3.20. The van der Waals surface area contributed by atoms with Gasteiger partial charge in [-0.3, -0.25) is 0 Å². The summed E-state index contributed by atoms with van der Waals surface area (Å²) in [6.07, 6.45) is 0.613. The Balaban J connectivity index is 2.40. The van der Waals surface area contributed by atoms with Gasteiger partial charge >= 0.3 is 0 Å². The van der Waals surface area contributed by atoms with Gasteiger partial charge in [-0.25, -0.2) is 8.78 Å². The molecule has 0 aliphatic heterocycles. The van der Waals surface area contributed by atoms with Crippen molar-refractivity contribution < 1.29 is 8.78 Å². The molecule has 1 atom stereocenters. The van der Waals surface area contributed by atoms with Gasteiger partial charge in [0.25, 0.3) is 0 Å². The van der Waals surface area contributed by atoms with Crippen molar-refractivity contribution in [1.29, 1.82) is 0 Å². The van der Waals surface area contributed by atoms with Gasteiger partial charge in [-0.15, -0.1) is 11.3 Å². The molecule has 18 heavy (non-hydrogen) atoms. The van der Waals surface area contributed by atoms with Crippen molar-refractivity contribution in [2.24, 2.45) is 5.73 Å². The lowest BCUT2D eigenvalue weighted by atomic mass is 9.79. The van der Waals surface area contributed by atoms with Gasteiger partial charge in [-0.1, -0.05) is 25.1 Å². The maximum atomic E-state index is 13.9. The minimum absolute atomic E-state index is 0.269. The first-order chi connectivity index (χ1) is 8.57. The molecule has 0 fully saturated rings. The van der Waals surface area contributed by atoms with Crippen LogP contribution >= 0.6 is 11.3 Å². The summed E-state index contributed by atoms with van der Waals surface area (Å²) < 4.78 is 27.2. The molecule has 0 amide bonds. The van der Waals surface area contributed by atoms with Crippen molar-refractivity contribution in [3.8, 4) is 0 Å². The maximum Gasteiger partial charge on any atom is 0.162 e. The maximum absolute atomic E-state index is 13.9. The Kier molecular flexibility index (Phi) is 3.78. The van der Waals surface area contributed by atoms with Gasteiger partial charge in [0.15, 0.2) is 11.6 Å². The van der Waals surface area contributed by atoms with E-state index < -0.39 is 17.0 Å². The summed E-state index contributed by atoms with van der Waals surface area (Å²) >= 11 is 1.60. The molecule has 1 aromatic heterocycles. The smallest absolute Gasteiger partial charge is 0.162 e. The second kappa shape index (κ2) is 5.16. The number of nitrogens with two attached hydrogens (primary N) is 1. The molecule has 1 heterocycles. The van der Waals surface area contributed by atoms with Gasteiger partial charge in [-0.05, 0) is 29.5 Å². The van der Waals surface area contributed by atoms with Crippen molar-refractivity contribution in [2.45, 2.75) is 18.8 Å².